The Morgan fingerprint density at radius 3 is 2.47 bits per heavy atom. The van der Waals surface area contributed by atoms with Crippen molar-refractivity contribution in [1.29, 1.82) is 0 Å². The number of halogens is 1. The molecule has 0 fully saturated rings. The van der Waals surface area contributed by atoms with E-state index >= 15 is 0 Å². The van der Waals surface area contributed by atoms with Crippen LogP contribution in [0.1, 0.15) is 21.7 Å². The highest BCUT2D eigenvalue weighted by atomic mass is 32.1. The molecule has 0 spiro atoms. The monoisotopic (exact) mass is 465 g/mol. The van der Waals surface area contributed by atoms with Crippen molar-refractivity contribution in [1.82, 2.24) is 10.3 Å². The van der Waals surface area contributed by atoms with E-state index in [4.69, 9.17) is 0 Å². The molecule has 2 aromatic heterocycles. The van der Waals surface area contributed by atoms with Gasteiger partial charge < -0.3 is 5.32 Å². The van der Waals surface area contributed by atoms with Crippen molar-refractivity contribution < 1.29 is 14.0 Å². The highest BCUT2D eigenvalue weighted by Crippen LogP contribution is 2.29. The van der Waals surface area contributed by atoms with E-state index in [2.05, 4.69) is 10.3 Å². The van der Waals surface area contributed by atoms with Gasteiger partial charge >= 0.3 is 0 Å². The topological polar surface area (TPSA) is 62.3 Å². The molecule has 8 heteroatoms. The smallest absolute Gasteiger partial charge is 0.261 e. The standard InChI is InChI=1S/C24H20FN3O2S2/c25-19-10-8-18(9-11-19)20-16-32-24(27-20)28(15-17-5-2-1-3-6-17)22(29)12-13-26-23(30)21-7-4-14-31-21/h1-11,14,16H,12-13,15H2,(H,26,30). The molecule has 4 rings (SSSR count). The fourth-order valence-corrected chi connectivity index (χ4v) is 4.57. The van der Waals surface area contributed by atoms with Gasteiger partial charge in [-0.05, 0) is 41.3 Å². The van der Waals surface area contributed by atoms with Crippen LogP contribution in [0.4, 0.5) is 9.52 Å². The number of anilines is 1. The number of hydrogen-bond donors (Lipinski definition) is 1. The molecule has 2 aromatic carbocycles. The maximum atomic E-state index is 13.2. The fraction of sp³-hybridized carbons (Fsp3) is 0.125. The van der Waals surface area contributed by atoms with Gasteiger partial charge in [0.05, 0.1) is 17.1 Å². The third kappa shape index (κ3) is 5.46. The van der Waals surface area contributed by atoms with Crippen molar-refractivity contribution in [2.24, 2.45) is 0 Å². The highest BCUT2D eigenvalue weighted by molar-refractivity contribution is 7.14. The van der Waals surface area contributed by atoms with E-state index in [-0.39, 0.29) is 30.6 Å². The van der Waals surface area contributed by atoms with E-state index in [0.29, 0.717) is 22.2 Å². The molecule has 5 nitrogen and oxygen atoms in total. The first kappa shape index (κ1) is 21.9. The zero-order valence-corrected chi connectivity index (χ0v) is 18.7. The summed E-state index contributed by atoms with van der Waals surface area (Å²) in [6.07, 6.45) is 0.148. The van der Waals surface area contributed by atoms with E-state index in [1.165, 1.54) is 34.8 Å². The molecule has 162 valence electrons. The van der Waals surface area contributed by atoms with Crippen LogP contribution < -0.4 is 10.2 Å². The molecule has 0 aliphatic carbocycles. The Kier molecular flexibility index (Phi) is 7.03. The van der Waals surface area contributed by atoms with Gasteiger partial charge in [0.2, 0.25) is 5.91 Å². The summed E-state index contributed by atoms with van der Waals surface area (Å²) in [4.78, 5) is 32.1. The van der Waals surface area contributed by atoms with Crippen LogP contribution >= 0.6 is 22.7 Å². The van der Waals surface area contributed by atoms with Crippen LogP contribution in [0.25, 0.3) is 11.3 Å². The molecule has 0 radical (unpaired) electrons. The molecule has 0 atom stereocenters. The third-order valence-electron chi connectivity index (χ3n) is 4.72. The number of nitrogens with zero attached hydrogens (tertiary/aromatic N) is 2. The molecular weight excluding hydrogens is 445 g/mol. The molecule has 0 saturated carbocycles. The lowest BCUT2D eigenvalue weighted by atomic mass is 10.2. The summed E-state index contributed by atoms with van der Waals surface area (Å²) < 4.78 is 13.2. The minimum absolute atomic E-state index is 0.139. The lowest BCUT2D eigenvalue weighted by Crippen LogP contribution is -2.34. The lowest BCUT2D eigenvalue weighted by Gasteiger charge is -2.20. The summed E-state index contributed by atoms with van der Waals surface area (Å²) in [7, 11) is 0. The van der Waals surface area contributed by atoms with Crippen LogP contribution in [0.2, 0.25) is 0 Å². The van der Waals surface area contributed by atoms with Gasteiger partial charge in [0, 0.05) is 23.9 Å². The average molecular weight is 466 g/mol. The second-order valence-electron chi connectivity index (χ2n) is 6.97. The number of carbonyl (C=O) groups is 2. The Morgan fingerprint density at radius 2 is 1.75 bits per heavy atom. The van der Waals surface area contributed by atoms with E-state index in [9.17, 15) is 14.0 Å². The minimum atomic E-state index is -0.310. The van der Waals surface area contributed by atoms with Crippen LogP contribution in [0.3, 0.4) is 0 Å². The van der Waals surface area contributed by atoms with Gasteiger partial charge in [-0.3, -0.25) is 14.5 Å². The first-order valence-electron chi connectivity index (χ1n) is 9.97. The number of thiazole rings is 1. The molecule has 2 heterocycles. The van der Waals surface area contributed by atoms with Crippen molar-refractivity contribution in [2.45, 2.75) is 13.0 Å². The van der Waals surface area contributed by atoms with Gasteiger partial charge in [0.1, 0.15) is 5.82 Å². The number of thiophene rings is 1. The van der Waals surface area contributed by atoms with Crippen molar-refractivity contribution in [2.75, 3.05) is 11.4 Å². The predicted octanol–water partition coefficient (Wildman–Crippen LogP) is 5.36. The van der Waals surface area contributed by atoms with Gasteiger partial charge in [0.25, 0.3) is 5.91 Å². The summed E-state index contributed by atoms with van der Waals surface area (Å²) >= 11 is 2.71. The maximum absolute atomic E-state index is 13.2. The first-order valence-corrected chi connectivity index (χ1v) is 11.7. The number of benzene rings is 2. The van der Waals surface area contributed by atoms with Crippen LogP contribution in [0.5, 0.6) is 0 Å². The quantitative estimate of drug-likeness (QED) is 0.381. The third-order valence-corrected chi connectivity index (χ3v) is 6.45. The lowest BCUT2D eigenvalue weighted by molar-refractivity contribution is -0.118. The number of amides is 2. The van der Waals surface area contributed by atoms with E-state index in [0.717, 1.165) is 11.1 Å². The Labute approximate surface area is 193 Å². The van der Waals surface area contributed by atoms with Crippen molar-refractivity contribution in [3.63, 3.8) is 0 Å². The maximum Gasteiger partial charge on any atom is 0.261 e. The summed E-state index contributed by atoms with van der Waals surface area (Å²) in [5.74, 6) is -0.634. The molecule has 0 saturated heterocycles. The van der Waals surface area contributed by atoms with Crippen LogP contribution in [-0.2, 0) is 11.3 Å². The highest BCUT2D eigenvalue weighted by Gasteiger charge is 2.20. The molecular formula is C24H20FN3O2S2. The van der Waals surface area contributed by atoms with Gasteiger partial charge in [-0.15, -0.1) is 22.7 Å². The largest absolute Gasteiger partial charge is 0.351 e. The summed E-state index contributed by atoms with van der Waals surface area (Å²) in [6, 6.07) is 19.3. The van der Waals surface area contributed by atoms with Gasteiger partial charge in [0.15, 0.2) is 5.13 Å². The Balaban J connectivity index is 1.49. The Morgan fingerprint density at radius 1 is 0.969 bits per heavy atom. The second kappa shape index (κ2) is 10.3. The molecule has 0 aliphatic rings. The number of nitrogens with one attached hydrogen (secondary N) is 1. The van der Waals surface area contributed by atoms with Gasteiger partial charge in [-0.2, -0.15) is 0 Å². The molecule has 1 N–H and O–H groups in total. The van der Waals surface area contributed by atoms with Crippen molar-refractivity contribution in [3.05, 3.63) is 93.7 Å². The van der Waals surface area contributed by atoms with Gasteiger partial charge in [-0.25, -0.2) is 9.37 Å². The number of carbonyl (C=O) groups excluding carboxylic acids is 2. The Bertz CT molecular complexity index is 1180. The van der Waals surface area contributed by atoms with Crippen molar-refractivity contribution >= 4 is 39.6 Å². The fourth-order valence-electron chi connectivity index (χ4n) is 3.08. The molecule has 2 amide bonds. The first-order chi connectivity index (χ1) is 15.6. The SMILES string of the molecule is O=C(NCCC(=O)N(Cc1ccccc1)c1nc(-c2ccc(F)cc2)cs1)c1cccs1. The van der Waals surface area contributed by atoms with Gasteiger partial charge in [-0.1, -0.05) is 36.4 Å². The normalized spacial score (nSPS) is 10.7. The molecule has 0 unspecified atom stereocenters. The molecule has 0 aliphatic heterocycles. The van der Waals surface area contributed by atoms with Crippen LogP contribution in [0.15, 0.2) is 77.5 Å². The molecule has 32 heavy (non-hydrogen) atoms. The van der Waals surface area contributed by atoms with E-state index in [1.54, 1.807) is 23.1 Å². The number of rotatable bonds is 8. The van der Waals surface area contributed by atoms with Crippen LogP contribution in [0, 0.1) is 5.82 Å². The molecule has 4 aromatic rings. The minimum Gasteiger partial charge on any atom is -0.351 e. The summed E-state index contributed by atoms with van der Waals surface area (Å²) in [5.41, 5.74) is 2.44. The van der Waals surface area contributed by atoms with E-state index < -0.39 is 0 Å². The number of hydrogen-bond acceptors (Lipinski definition) is 5. The summed E-state index contributed by atoms with van der Waals surface area (Å²) in [5, 5.41) is 7.04. The predicted molar refractivity (Wildman–Crippen MR) is 126 cm³/mol. The second-order valence-corrected chi connectivity index (χ2v) is 8.76. The zero-order valence-electron chi connectivity index (χ0n) is 17.0. The zero-order chi connectivity index (χ0) is 22.3. The van der Waals surface area contributed by atoms with Crippen molar-refractivity contribution in [3.8, 4) is 11.3 Å². The van der Waals surface area contributed by atoms with Crippen LogP contribution in [-0.4, -0.2) is 23.3 Å². The Hall–Kier alpha value is -3.36. The number of aromatic nitrogens is 1. The molecule has 0 bridgehead atoms. The average Bonchev–Trinajstić information content (AvgIpc) is 3.51. The van der Waals surface area contributed by atoms with E-state index in [1.807, 2.05) is 47.2 Å². The summed E-state index contributed by atoms with van der Waals surface area (Å²) in [6.45, 7) is 0.603.